The van der Waals surface area contributed by atoms with Crippen LogP contribution in [-0.2, 0) is 11.8 Å². The molecule has 2 aliphatic rings. The van der Waals surface area contributed by atoms with Gasteiger partial charge in [-0.25, -0.2) is 0 Å². The van der Waals surface area contributed by atoms with E-state index in [1.807, 2.05) is 13.2 Å². The molecule has 0 saturated heterocycles. The van der Waals surface area contributed by atoms with Crippen LogP contribution in [0.25, 0.3) is 0 Å². The molecule has 16 heavy (non-hydrogen) atoms. The van der Waals surface area contributed by atoms with E-state index in [0.717, 1.165) is 18.0 Å². The van der Waals surface area contributed by atoms with E-state index in [0.29, 0.717) is 5.92 Å². The number of amides is 1. The van der Waals surface area contributed by atoms with E-state index < -0.39 is 0 Å². The standard InChI is InChI=1S/C12H17N3O/c1-15-7-10(6-13-15)14-12(16)11-5-8-2-3-9(11)4-8/h6-9,11H,2-5H2,1H3,(H,14,16). The lowest BCUT2D eigenvalue weighted by atomic mass is 9.88. The molecule has 3 rings (SSSR count). The van der Waals surface area contributed by atoms with Crippen molar-refractivity contribution < 1.29 is 4.79 Å². The van der Waals surface area contributed by atoms with Crippen molar-refractivity contribution in [1.29, 1.82) is 0 Å². The minimum absolute atomic E-state index is 0.195. The van der Waals surface area contributed by atoms with Gasteiger partial charge in [0.15, 0.2) is 0 Å². The van der Waals surface area contributed by atoms with Crippen LogP contribution in [0.1, 0.15) is 25.7 Å². The summed E-state index contributed by atoms with van der Waals surface area (Å²) in [5, 5.41) is 7.01. The molecule has 0 aliphatic heterocycles. The van der Waals surface area contributed by atoms with Crippen LogP contribution in [0.2, 0.25) is 0 Å². The molecule has 4 nitrogen and oxygen atoms in total. The Kier molecular flexibility index (Phi) is 2.23. The zero-order valence-electron chi connectivity index (χ0n) is 9.52. The van der Waals surface area contributed by atoms with Crippen LogP contribution in [-0.4, -0.2) is 15.7 Å². The molecule has 3 unspecified atom stereocenters. The van der Waals surface area contributed by atoms with E-state index in [9.17, 15) is 4.79 Å². The fourth-order valence-electron chi connectivity index (χ4n) is 3.29. The molecule has 2 saturated carbocycles. The van der Waals surface area contributed by atoms with Gasteiger partial charge in [-0.05, 0) is 31.1 Å². The summed E-state index contributed by atoms with van der Waals surface area (Å²) in [6.45, 7) is 0. The Balaban J connectivity index is 1.65. The first-order valence-corrected chi connectivity index (χ1v) is 6.02. The van der Waals surface area contributed by atoms with Gasteiger partial charge in [0.2, 0.25) is 5.91 Å². The Morgan fingerprint density at radius 1 is 1.50 bits per heavy atom. The quantitative estimate of drug-likeness (QED) is 0.824. The van der Waals surface area contributed by atoms with Gasteiger partial charge in [-0.3, -0.25) is 9.48 Å². The second-order valence-electron chi connectivity index (χ2n) is 5.17. The molecule has 86 valence electrons. The Labute approximate surface area is 95.0 Å². The van der Waals surface area contributed by atoms with Gasteiger partial charge in [-0.2, -0.15) is 5.10 Å². The number of aromatic nitrogens is 2. The van der Waals surface area contributed by atoms with Crippen LogP contribution in [0.4, 0.5) is 5.69 Å². The summed E-state index contributed by atoms with van der Waals surface area (Å²) in [7, 11) is 1.85. The summed E-state index contributed by atoms with van der Waals surface area (Å²) < 4.78 is 1.70. The number of anilines is 1. The van der Waals surface area contributed by atoms with E-state index in [4.69, 9.17) is 0 Å². The van der Waals surface area contributed by atoms with Gasteiger partial charge < -0.3 is 5.32 Å². The molecule has 1 heterocycles. The topological polar surface area (TPSA) is 46.9 Å². The molecule has 4 heteroatoms. The maximum atomic E-state index is 12.1. The molecule has 0 aromatic carbocycles. The van der Waals surface area contributed by atoms with Gasteiger partial charge in [-0.1, -0.05) is 6.42 Å². The van der Waals surface area contributed by atoms with Crippen LogP contribution >= 0.6 is 0 Å². The van der Waals surface area contributed by atoms with Crippen molar-refractivity contribution in [2.75, 3.05) is 5.32 Å². The number of hydrogen-bond donors (Lipinski definition) is 1. The summed E-state index contributed by atoms with van der Waals surface area (Å²) in [5.41, 5.74) is 0.815. The first-order chi connectivity index (χ1) is 7.72. The molecule has 2 aliphatic carbocycles. The molecule has 1 aromatic heterocycles. The predicted molar refractivity (Wildman–Crippen MR) is 60.8 cm³/mol. The number of rotatable bonds is 2. The van der Waals surface area contributed by atoms with Crippen LogP contribution in [0, 0.1) is 17.8 Å². The monoisotopic (exact) mass is 219 g/mol. The van der Waals surface area contributed by atoms with E-state index in [1.165, 1.54) is 19.3 Å². The Morgan fingerprint density at radius 2 is 2.38 bits per heavy atom. The molecule has 1 N–H and O–H groups in total. The number of nitrogens with zero attached hydrogens (tertiary/aromatic N) is 2. The first-order valence-electron chi connectivity index (χ1n) is 6.02. The SMILES string of the molecule is Cn1cc(NC(=O)C2CC3CCC2C3)cn1. The highest BCUT2D eigenvalue weighted by Gasteiger charge is 2.43. The van der Waals surface area contributed by atoms with Crippen molar-refractivity contribution in [3.63, 3.8) is 0 Å². The normalized spacial score (nSPS) is 31.9. The van der Waals surface area contributed by atoms with Gasteiger partial charge in [0, 0.05) is 19.2 Å². The lowest BCUT2D eigenvalue weighted by Gasteiger charge is -2.20. The van der Waals surface area contributed by atoms with Crippen molar-refractivity contribution in [2.45, 2.75) is 25.7 Å². The zero-order valence-corrected chi connectivity index (χ0v) is 9.52. The van der Waals surface area contributed by atoms with Crippen molar-refractivity contribution >= 4 is 11.6 Å². The van der Waals surface area contributed by atoms with Crippen LogP contribution in [0.3, 0.4) is 0 Å². The molecule has 1 aromatic rings. The maximum Gasteiger partial charge on any atom is 0.227 e. The predicted octanol–water partition coefficient (Wildman–Crippen LogP) is 1.79. The summed E-state index contributed by atoms with van der Waals surface area (Å²) in [4.78, 5) is 12.1. The number of carbonyl (C=O) groups excluding carboxylic acids is 1. The van der Waals surface area contributed by atoms with Crippen LogP contribution in [0.5, 0.6) is 0 Å². The lowest BCUT2D eigenvalue weighted by molar-refractivity contribution is -0.121. The fourth-order valence-corrected chi connectivity index (χ4v) is 3.29. The van der Waals surface area contributed by atoms with Gasteiger partial charge >= 0.3 is 0 Å². The van der Waals surface area contributed by atoms with E-state index in [2.05, 4.69) is 10.4 Å². The van der Waals surface area contributed by atoms with Crippen molar-refractivity contribution in [3.8, 4) is 0 Å². The highest BCUT2D eigenvalue weighted by atomic mass is 16.1. The van der Waals surface area contributed by atoms with Gasteiger partial charge in [0.25, 0.3) is 0 Å². The molecule has 0 radical (unpaired) electrons. The van der Waals surface area contributed by atoms with Crippen molar-refractivity contribution in [3.05, 3.63) is 12.4 Å². The Bertz CT molecular complexity index is 412. The average molecular weight is 219 g/mol. The third kappa shape index (κ3) is 1.62. The molecule has 2 bridgehead atoms. The third-order valence-corrected chi connectivity index (χ3v) is 4.05. The maximum absolute atomic E-state index is 12.1. The lowest BCUT2D eigenvalue weighted by Crippen LogP contribution is -2.27. The van der Waals surface area contributed by atoms with Crippen molar-refractivity contribution in [2.24, 2.45) is 24.8 Å². The fraction of sp³-hybridized carbons (Fsp3) is 0.667. The summed E-state index contributed by atoms with van der Waals surface area (Å²) in [6.07, 6.45) is 8.48. The number of hydrogen-bond acceptors (Lipinski definition) is 2. The highest BCUT2D eigenvalue weighted by Crippen LogP contribution is 2.48. The smallest absolute Gasteiger partial charge is 0.227 e. The number of nitrogens with one attached hydrogen (secondary N) is 1. The summed E-state index contributed by atoms with van der Waals surface area (Å²) in [6, 6.07) is 0. The number of aryl methyl sites for hydroxylation is 1. The minimum Gasteiger partial charge on any atom is -0.323 e. The number of carbonyl (C=O) groups is 1. The zero-order chi connectivity index (χ0) is 11.1. The molecule has 1 amide bonds. The van der Waals surface area contributed by atoms with Crippen molar-refractivity contribution in [1.82, 2.24) is 9.78 Å². The second kappa shape index (κ2) is 3.61. The largest absolute Gasteiger partial charge is 0.323 e. The second-order valence-corrected chi connectivity index (χ2v) is 5.17. The van der Waals surface area contributed by atoms with Gasteiger partial charge in [0.1, 0.15) is 0 Å². The number of fused-ring (bicyclic) bond motifs is 2. The van der Waals surface area contributed by atoms with Gasteiger partial charge in [0.05, 0.1) is 11.9 Å². The van der Waals surface area contributed by atoms with E-state index >= 15 is 0 Å². The highest BCUT2D eigenvalue weighted by molar-refractivity contribution is 5.92. The molecule has 0 spiro atoms. The van der Waals surface area contributed by atoms with Crippen LogP contribution < -0.4 is 5.32 Å². The minimum atomic E-state index is 0.195. The van der Waals surface area contributed by atoms with E-state index in [1.54, 1.807) is 10.9 Å². The summed E-state index contributed by atoms with van der Waals surface area (Å²) >= 11 is 0. The molecule has 3 atom stereocenters. The average Bonchev–Trinajstić information content (AvgIpc) is 2.93. The molecule has 2 fully saturated rings. The van der Waals surface area contributed by atoms with E-state index in [-0.39, 0.29) is 11.8 Å². The Morgan fingerprint density at radius 3 is 2.94 bits per heavy atom. The summed E-state index contributed by atoms with van der Waals surface area (Å²) in [5.74, 6) is 1.90. The Hall–Kier alpha value is -1.32. The molecular weight excluding hydrogens is 202 g/mol. The molecular formula is C12H17N3O. The first kappa shape index (κ1) is 9.87. The van der Waals surface area contributed by atoms with Crippen LogP contribution in [0.15, 0.2) is 12.4 Å². The third-order valence-electron chi connectivity index (χ3n) is 4.05. The van der Waals surface area contributed by atoms with Gasteiger partial charge in [-0.15, -0.1) is 0 Å².